The van der Waals surface area contributed by atoms with E-state index in [-0.39, 0.29) is 10.6 Å². The quantitative estimate of drug-likeness (QED) is 0.840. The third-order valence-corrected chi connectivity index (χ3v) is 3.52. The minimum atomic E-state index is -3.92. The van der Waals surface area contributed by atoms with E-state index in [0.717, 1.165) is 10.3 Å². The molecular weight excluding hydrogens is 252 g/mol. The van der Waals surface area contributed by atoms with Crippen molar-refractivity contribution >= 4 is 10.1 Å². The van der Waals surface area contributed by atoms with Gasteiger partial charge in [0.15, 0.2) is 5.69 Å². The number of hydrogen-bond acceptors (Lipinski definition) is 4. The molecule has 0 saturated heterocycles. The summed E-state index contributed by atoms with van der Waals surface area (Å²) < 4.78 is 29.6. The third kappa shape index (κ3) is 2.36. The summed E-state index contributed by atoms with van der Waals surface area (Å²) in [6, 6.07) is 11.1. The van der Waals surface area contributed by atoms with E-state index in [1.165, 1.54) is 30.5 Å². The van der Waals surface area contributed by atoms with E-state index in [2.05, 4.69) is 0 Å². The average molecular weight is 262 g/mol. The molecule has 18 heavy (non-hydrogen) atoms. The van der Waals surface area contributed by atoms with Gasteiger partial charge in [-0.15, -0.1) is 0 Å². The van der Waals surface area contributed by atoms with Crippen molar-refractivity contribution in [1.29, 1.82) is 5.26 Å². The monoisotopic (exact) mass is 262 g/mol. The highest BCUT2D eigenvalue weighted by atomic mass is 32.2. The number of benzene rings is 1. The predicted molar refractivity (Wildman–Crippen MR) is 64.1 cm³/mol. The summed E-state index contributed by atoms with van der Waals surface area (Å²) in [5.74, 6) is 0. The molecular formula is C12H10N2O3S. The van der Waals surface area contributed by atoms with Crippen molar-refractivity contribution in [2.45, 2.75) is 11.8 Å². The van der Waals surface area contributed by atoms with Gasteiger partial charge in [0.05, 0.1) is 0 Å². The fourth-order valence-electron chi connectivity index (χ4n) is 1.37. The van der Waals surface area contributed by atoms with Crippen LogP contribution in [0.3, 0.4) is 0 Å². The van der Waals surface area contributed by atoms with Gasteiger partial charge in [-0.2, -0.15) is 18.4 Å². The standard InChI is InChI=1S/C12H10N2O3S/c1-10-4-6-12(7-5-10)18(15,16)17-14-8-2-3-11(14)9-13/h2-8H,1H3. The highest BCUT2D eigenvalue weighted by molar-refractivity contribution is 7.87. The SMILES string of the molecule is Cc1ccc(S(=O)(=O)On2cccc2C#N)cc1. The number of nitrogens with zero attached hydrogens (tertiary/aromatic N) is 2. The summed E-state index contributed by atoms with van der Waals surface area (Å²) in [6.07, 6.45) is 1.37. The highest BCUT2D eigenvalue weighted by Gasteiger charge is 2.17. The molecule has 0 unspecified atom stereocenters. The lowest BCUT2D eigenvalue weighted by Crippen LogP contribution is -2.20. The Hall–Kier alpha value is -2.26. The zero-order chi connectivity index (χ0) is 13.2. The van der Waals surface area contributed by atoms with Crippen LogP contribution >= 0.6 is 0 Å². The first-order chi connectivity index (χ1) is 8.53. The van der Waals surface area contributed by atoms with Crippen molar-refractivity contribution < 1.29 is 12.7 Å². The summed E-state index contributed by atoms with van der Waals surface area (Å²) in [6.45, 7) is 1.86. The normalized spacial score (nSPS) is 10.9. The third-order valence-electron chi connectivity index (χ3n) is 2.32. The van der Waals surface area contributed by atoms with Gasteiger partial charge in [0.1, 0.15) is 11.0 Å². The second-order valence-corrected chi connectivity index (χ2v) is 5.20. The molecule has 0 aliphatic heterocycles. The minimum absolute atomic E-state index is 0.0469. The van der Waals surface area contributed by atoms with Crippen LogP contribution in [0.4, 0.5) is 0 Å². The Labute approximate surface area is 105 Å². The van der Waals surface area contributed by atoms with E-state index in [4.69, 9.17) is 9.55 Å². The fourth-order valence-corrected chi connectivity index (χ4v) is 2.27. The van der Waals surface area contributed by atoms with Crippen molar-refractivity contribution in [3.05, 3.63) is 53.9 Å². The molecule has 0 saturated carbocycles. The molecule has 0 spiro atoms. The van der Waals surface area contributed by atoms with E-state index in [1.54, 1.807) is 12.1 Å². The summed E-state index contributed by atoms with van der Waals surface area (Å²) in [5, 5.41) is 8.77. The Morgan fingerprint density at radius 3 is 2.50 bits per heavy atom. The maximum Gasteiger partial charge on any atom is 0.357 e. The van der Waals surface area contributed by atoms with Crippen molar-refractivity contribution in [2.24, 2.45) is 0 Å². The van der Waals surface area contributed by atoms with Gasteiger partial charge in [0.25, 0.3) is 0 Å². The molecule has 0 aliphatic rings. The highest BCUT2D eigenvalue weighted by Crippen LogP contribution is 2.12. The van der Waals surface area contributed by atoms with Crippen LogP contribution in [0, 0.1) is 18.3 Å². The topological polar surface area (TPSA) is 72.1 Å². The first kappa shape index (κ1) is 12.2. The molecule has 0 aliphatic carbocycles. The number of aromatic nitrogens is 1. The largest absolute Gasteiger partial charge is 0.357 e. The van der Waals surface area contributed by atoms with Gasteiger partial charge >= 0.3 is 10.1 Å². The molecule has 2 aromatic rings. The van der Waals surface area contributed by atoms with Gasteiger partial charge in [0.2, 0.25) is 0 Å². The van der Waals surface area contributed by atoms with Crippen LogP contribution in [-0.4, -0.2) is 13.1 Å². The number of aryl methyl sites for hydroxylation is 1. The van der Waals surface area contributed by atoms with Crippen LogP contribution < -0.4 is 4.28 Å². The van der Waals surface area contributed by atoms with E-state index >= 15 is 0 Å². The van der Waals surface area contributed by atoms with Crippen LogP contribution in [0.2, 0.25) is 0 Å². The molecule has 2 rings (SSSR count). The van der Waals surface area contributed by atoms with Crippen molar-refractivity contribution in [3.8, 4) is 6.07 Å². The van der Waals surface area contributed by atoms with E-state index < -0.39 is 10.1 Å². The number of rotatable bonds is 3. The van der Waals surface area contributed by atoms with Crippen molar-refractivity contribution in [2.75, 3.05) is 0 Å². The molecule has 5 nitrogen and oxygen atoms in total. The Morgan fingerprint density at radius 2 is 1.89 bits per heavy atom. The predicted octanol–water partition coefficient (Wildman–Crippen LogP) is 1.49. The van der Waals surface area contributed by atoms with Gasteiger partial charge in [-0.1, -0.05) is 17.7 Å². The van der Waals surface area contributed by atoms with E-state index in [0.29, 0.717) is 0 Å². The van der Waals surface area contributed by atoms with Crippen LogP contribution in [0.15, 0.2) is 47.5 Å². The molecule has 1 aromatic heterocycles. The van der Waals surface area contributed by atoms with E-state index in [1.807, 2.05) is 13.0 Å². The molecule has 6 heteroatoms. The van der Waals surface area contributed by atoms with Gasteiger partial charge in [0, 0.05) is 6.20 Å². The zero-order valence-electron chi connectivity index (χ0n) is 9.57. The molecule has 92 valence electrons. The summed E-state index contributed by atoms with van der Waals surface area (Å²) in [5.41, 5.74) is 1.07. The van der Waals surface area contributed by atoms with Crippen LogP contribution in [-0.2, 0) is 10.1 Å². The fraction of sp³-hybridized carbons (Fsp3) is 0.0833. The van der Waals surface area contributed by atoms with Crippen molar-refractivity contribution in [1.82, 2.24) is 4.73 Å². The lowest BCUT2D eigenvalue weighted by Gasteiger charge is -2.07. The maximum atomic E-state index is 11.9. The first-order valence-corrected chi connectivity index (χ1v) is 6.53. The smallest absolute Gasteiger partial charge is 0.283 e. The van der Waals surface area contributed by atoms with Crippen LogP contribution in [0.1, 0.15) is 11.3 Å². The lowest BCUT2D eigenvalue weighted by atomic mass is 10.2. The molecule has 0 N–H and O–H groups in total. The summed E-state index contributed by atoms with van der Waals surface area (Å²) in [7, 11) is -3.92. The Bertz CT molecular complexity index is 694. The van der Waals surface area contributed by atoms with E-state index in [9.17, 15) is 8.42 Å². The second-order valence-electron chi connectivity index (χ2n) is 3.67. The Balaban J connectivity index is 2.34. The average Bonchev–Trinajstić information content (AvgIpc) is 2.76. The lowest BCUT2D eigenvalue weighted by molar-refractivity contribution is 0.277. The van der Waals surface area contributed by atoms with Gasteiger partial charge in [-0.3, -0.25) is 4.28 Å². The van der Waals surface area contributed by atoms with Gasteiger partial charge in [-0.05, 0) is 31.2 Å². The zero-order valence-corrected chi connectivity index (χ0v) is 10.4. The van der Waals surface area contributed by atoms with Crippen molar-refractivity contribution in [3.63, 3.8) is 0 Å². The molecule has 0 radical (unpaired) electrons. The molecule has 0 amide bonds. The Kier molecular flexibility index (Phi) is 3.08. The first-order valence-electron chi connectivity index (χ1n) is 5.12. The number of nitriles is 1. The Morgan fingerprint density at radius 1 is 1.22 bits per heavy atom. The summed E-state index contributed by atoms with van der Waals surface area (Å²) >= 11 is 0. The van der Waals surface area contributed by atoms with Crippen LogP contribution in [0.5, 0.6) is 0 Å². The molecule has 1 aromatic carbocycles. The van der Waals surface area contributed by atoms with Gasteiger partial charge < -0.3 is 0 Å². The van der Waals surface area contributed by atoms with Gasteiger partial charge in [-0.25, -0.2) is 0 Å². The molecule has 0 fully saturated rings. The molecule has 0 atom stereocenters. The minimum Gasteiger partial charge on any atom is -0.283 e. The number of hydrogen-bond donors (Lipinski definition) is 0. The maximum absolute atomic E-state index is 11.9. The van der Waals surface area contributed by atoms with Crippen LogP contribution in [0.25, 0.3) is 0 Å². The molecule has 1 heterocycles. The summed E-state index contributed by atoms with van der Waals surface area (Å²) in [4.78, 5) is 0.0469. The second kappa shape index (κ2) is 4.55. The molecule has 0 bridgehead atoms.